The molecule has 128 valence electrons. The average Bonchev–Trinajstić information content (AvgIpc) is 2.91. The molecular weight excluding hydrogens is 314 g/mol. The van der Waals surface area contributed by atoms with Crippen LogP contribution in [-0.4, -0.2) is 22.9 Å². The SMILES string of the molecule is CCC(OC1CCCc2ccccc21)N1C(=O)c2ccccc2C1=O. The smallest absolute Gasteiger partial charge is 0.263 e. The summed E-state index contributed by atoms with van der Waals surface area (Å²) in [6.45, 7) is 1.95. The zero-order chi connectivity index (χ0) is 17.4. The molecule has 4 nitrogen and oxygen atoms in total. The molecule has 0 fully saturated rings. The quantitative estimate of drug-likeness (QED) is 0.790. The summed E-state index contributed by atoms with van der Waals surface area (Å²) in [5, 5.41) is 0. The Balaban J connectivity index is 1.61. The van der Waals surface area contributed by atoms with Crippen LogP contribution in [0.15, 0.2) is 48.5 Å². The summed E-state index contributed by atoms with van der Waals surface area (Å²) in [5.74, 6) is -0.506. The molecule has 4 heteroatoms. The molecule has 0 saturated heterocycles. The second-order valence-electron chi connectivity index (χ2n) is 6.60. The summed E-state index contributed by atoms with van der Waals surface area (Å²) in [6, 6.07) is 15.3. The Hall–Kier alpha value is -2.46. The first-order chi connectivity index (χ1) is 12.2. The fourth-order valence-electron chi connectivity index (χ4n) is 3.85. The minimum Gasteiger partial charge on any atom is -0.350 e. The van der Waals surface area contributed by atoms with Crippen LogP contribution in [0.4, 0.5) is 0 Å². The first kappa shape index (κ1) is 16.0. The van der Waals surface area contributed by atoms with E-state index in [0.717, 1.165) is 19.3 Å². The van der Waals surface area contributed by atoms with Gasteiger partial charge in [-0.3, -0.25) is 9.59 Å². The number of imide groups is 1. The standard InChI is InChI=1S/C21H21NO3/c1-2-19(22-20(23)16-11-5-6-12-17(16)21(22)24)25-18-13-7-9-14-8-3-4-10-15(14)18/h3-6,8,10-12,18-19H,2,7,9,13H2,1H3. The largest absolute Gasteiger partial charge is 0.350 e. The van der Waals surface area contributed by atoms with Gasteiger partial charge in [-0.05, 0) is 48.9 Å². The van der Waals surface area contributed by atoms with Crippen LogP contribution < -0.4 is 0 Å². The number of aryl methyl sites for hydroxylation is 1. The van der Waals surface area contributed by atoms with Crippen LogP contribution in [0.1, 0.15) is 64.1 Å². The highest BCUT2D eigenvalue weighted by Gasteiger charge is 2.40. The number of amides is 2. The molecule has 1 aliphatic carbocycles. The van der Waals surface area contributed by atoms with Gasteiger partial charge in [0.15, 0.2) is 0 Å². The van der Waals surface area contributed by atoms with Crippen LogP contribution in [-0.2, 0) is 11.2 Å². The summed E-state index contributed by atoms with van der Waals surface area (Å²) in [7, 11) is 0. The van der Waals surface area contributed by atoms with E-state index >= 15 is 0 Å². The van der Waals surface area contributed by atoms with E-state index in [2.05, 4.69) is 12.1 Å². The van der Waals surface area contributed by atoms with Crippen molar-refractivity contribution in [2.75, 3.05) is 0 Å². The maximum absolute atomic E-state index is 12.7. The molecule has 0 radical (unpaired) electrons. The number of rotatable bonds is 4. The first-order valence-corrected chi connectivity index (χ1v) is 8.91. The Labute approximate surface area is 147 Å². The van der Waals surface area contributed by atoms with Crippen molar-refractivity contribution in [3.8, 4) is 0 Å². The van der Waals surface area contributed by atoms with Gasteiger partial charge < -0.3 is 4.74 Å². The monoisotopic (exact) mass is 335 g/mol. The van der Waals surface area contributed by atoms with Crippen molar-refractivity contribution in [1.29, 1.82) is 0 Å². The molecule has 0 aromatic heterocycles. The first-order valence-electron chi connectivity index (χ1n) is 8.91. The Morgan fingerprint density at radius 3 is 2.36 bits per heavy atom. The van der Waals surface area contributed by atoms with Crippen molar-refractivity contribution in [1.82, 2.24) is 4.90 Å². The number of fused-ring (bicyclic) bond motifs is 2. The minimum absolute atomic E-state index is 0.0702. The molecule has 0 N–H and O–H groups in total. The van der Waals surface area contributed by atoms with Crippen molar-refractivity contribution < 1.29 is 14.3 Å². The zero-order valence-corrected chi connectivity index (χ0v) is 14.3. The van der Waals surface area contributed by atoms with Crippen LogP contribution in [0.5, 0.6) is 0 Å². The molecular formula is C21H21NO3. The molecule has 2 aromatic rings. The summed E-state index contributed by atoms with van der Waals surface area (Å²) in [4.78, 5) is 26.7. The van der Waals surface area contributed by atoms with E-state index in [4.69, 9.17) is 4.74 Å². The third kappa shape index (κ3) is 2.67. The number of carbonyl (C=O) groups is 2. The van der Waals surface area contributed by atoms with E-state index in [9.17, 15) is 9.59 Å². The van der Waals surface area contributed by atoms with E-state index < -0.39 is 6.23 Å². The van der Waals surface area contributed by atoms with E-state index in [1.165, 1.54) is 16.0 Å². The van der Waals surface area contributed by atoms with Crippen molar-refractivity contribution in [3.05, 3.63) is 70.8 Å². The van der Waals surface area contributed by atoms with Crippen LogP contribution in [0.25, 0.3) is 0 Å². The Morgan fingerprint density at radius 1 is 1.04 bits per heavy atom. The lowest BCUT2D eigenvalue weighted by Gasteiger charge is -2.32. The maximum Gasteiger partial charge on any atom is 0.263 e. The second-order valence-corrected chi connectivity index (χ2v) is 6.60. The molecule has 4 rings (SSSR count). The molecule has 2 unspecified atom stereocenters. The van der Waals surface area contributed by atoms with Crippen LogP contribution in [0.3, 0.4) is 0 Å². The van der Waals surface area contributed by atoms with Crippen molar-refractivity contribution in [2.45, 2.75) is 44.9 Å². The van der Waals surface area contributed by atoms with Gasteiger partial charge >= 0.3 is 0 Å². The van der Waals surface area contributed by atoms with Gasteiger partial charge in [0.1, 0.15) is 6.23 Å². The highest BCUT2D eigenvalue weighted by Crippen LogP contribution is 2.35. The third-order valence-corrected chi connectivity index (χ3v) is 5.10. The molecule has 1 aliphatic heterocycles. The molecule has 0 spiro atoms. The predicted octanol–water partition coefficient (Wildman–Crippen LogP) is 4.11. The summed E-state index contributed by atoms with van der Waals surface area (Å²) in [6.07, 6.45) is 2.99. The van der Waals surface area contributed by atoms with Crippen molar-refractivity contribution in [3.63, 3.8) is 0 Å². The van der Waals surface area contributed by atoms with Gasteiger partial charge in [-0.25, -0.2) is 4.90 Å². The van der Waals surface area contributed by atoms with Gasteiger partial charge in [-0.1, -0.05) is 43.3 Å². The number of nitrogens with zero attached hydrogens (tertiary/aromatic N) is 1. The van der Waals surface area contributed by atoms with Crippen LogP contribution >= 0.6 is 0 Å². The number of hydrogen-bond acceptors (Lipinski definition) is 3. The lowest BCUT2D eigenvalue weighted by atomic mass is 9.89. The highest BCUT2D eigenvalue weighted by molar-refractivity contribution is 6.21. The van der Waals surface area contributed by atoms with Gasteiger partial charge in [-0.15, -0.1) is 0 Å². The summed E-state index contributed by atoms with van der Waals surface area (Å²) >= 11 is 0. The fourth-order valence-corrected chi connectivity index (χ4v) is 3.85. The minimum atomic E-state index is -0.538. The lowest BCUT2D eigenvalue weighted by molar-refractivity contribution is -0.0809. The number of carbonyl (C=O) groups excluding carboxylic acids is 2. The molecule has 25 heavy (non-hydrogen) atoms. The lowest BCUT2D eigenvalue weighted by Crippen LogP contribution is -2.42. The number of ether oxygens (including phenoxy) is 1. The molecule has 2 amide bonds. The number of hydrogen-bond donors (Lipinski definition) is 0. The Bertz CT molecular complexity index is 794. The molecule has 1 heterocycles. The Morgan fingerprint density at radius 2 is 1.68 bits per heavy atom. The van der Waals surface area contributed by atoms with E-state index in [1.807, 2.05) is 19.1 Å². The Kier molecular flexibility index (Phi) is 4.14. The molecule has 2 atom stereocenters. The van der Waals surface area contributed by atoms with Crippen LogP contribution in [0, 0.1) is 0 Å². The van der Waals surface area contributed by atoms with E-state index in [0.29, 0.717) is 17.5 Å². The summed E-state index contributed by atoms with van der Waals surface area (Å²) in [5.41, 5.74) is 3.43. The van der Waals surface area contributed by atoms with Crippen molar-refractivity contribution >= 4 is 11.8 Å². The molecule has 0 saturated carbocycles. The van der Waals surface area contributed by atoms with E-state index in [1.54, 1.807) is 24.3 Å². The third-order valence-electron chi connectivity index (χ3n) is 5.10. The zero-order valence-electron chi connectivity index (χ0n) is 14.3. The van der Waals surface area contributed by atoms with Gasteiger partial charge in [0.25, 0.3) is 11.8 Å². The molecule has 0 bridgehead atoms. The normalized spacial score (nSPS) is 20.4. The van der Waals surface area contributed by atoms with Gasteiger partial charge in [0.2, 0.25) is 0 Å². The van der Waals surface area contributed by atoms with Gasteiger partial charge in [0, 0.05) is 0 Å². The highest BCUT2D eigenvalue weighted by atomic mass is 16.5. The van der Waals surface area contributed by atoms with Gasteiger partial charge in [0.05, 0.1) is 17.2 Å². The van der Waals surface area contributed by atoms with Gasteiger partial charge in [-0.2, -0.15) is 0 Å². The predicted molar refractivity (Wildman–Crippen MR) is 94.2 cm³/mol. The topological polar surface area (TPSA) is 46.6 Å². The maximum atomic E-state index is 12.7. The molecule has 2 aliphatic rings. The van der Waals surface area contributed by atoms with Crippen LogP contribution in [0.2, 0.25) is 0 Å². The molecule has 2 aromatic carbocycles. The second kappa shape index (κ2) is 6.45. The van der Waals surface area contributed by atoms with Crippen molar-refractivity contribution in [2.24, 2.45) is 0 Å². The summed E-state index contributed by atoms with van der Waals surface area (Å²) < 4.78 is 6.31. The fraction of sp³-hybridized carbons (Fsp3) is 0.333. The average molecular weight is 335 g/mol. The number of benzene rings is 2. The van der Waals surface area contributed by atoms with E-state index in [-0.39, 0.29) is 17.9 Å².